The quantitative estimate of drug-likeness (QED) is 0.426. The van der Waals surface area contributed by atoms with Gasteiger partial charge in [0.1, 0.15) is 12.2 Å². The van der Waals surface area contributed by atoms with Crippen LogP contribution in [-0.2, 0) is 4.74 Å². The molecule has 0 spiro atoms. The van der Waals surface area contributed by atoms with Gasteiger partial charge in [-0.15, -0.1) is 0 Å². The van der Waals surface area contributed by atoms with Crippen LogP contribution in [0.1, 0.15) is 10.4 Å². The topological polar surface area (TPSA) is 59.7 Å². The average molecular weight is 265 g/mol. The molecule has 1 saturated heterocycles. The molecule has 1 aromatic rings. The van der Waals surface area contributed by atoms with Crippen LogP contribution in [0.4, 0.5) is 0 Å². The summed E-state index contributed by atoms with van der Waals surface area (Å²) >= 11 is 0. The van der Waals surface area contributed by atoms with E-state index in [-0.39, 0.29) is 5.56 Å². The van der Waals surface area contributed by atoms with Gasteiger partial charge in [0.15, 0.2) is 12.4 Å². The fraction of sp³-hybridized carbons (Fsp3) is 0.538. The molecule has 1 aromatic heterocycles. The van der Waals surface area contributed by atoms with Crippen LogP contribution in [0.15, 0.2) is 24.5 Å². The second-order valence-electron chi connectivity index (χ2n) is 4.73. The molecular weight excluding hydrogens is 246 g/mol. The Morgan fingerprint density at radius 1 is 1.42 bits per heavy atom. The monoisotopic (exact) mass is 265 g/mol. The fourth-order valence-electron chi connectivity index (χ4n) is 2.00. The maximum atomic E-state index is 11.7. The Morgan fingerprint density at radius 2 is 2.16 bits per heavy atom. The molecule has 0 atom stereocenters. The smallest absolute Gasteiger partial charge is 0.344 e. The molecule has 0 bridgehead atoms. The van der Waals surface area contributed by atoms with E-state index in [9.17, 15) is 10.0 Å². The van der Waals surface area contributed by atoms with Crippen molar-refractivity contribution in [1.29, 1.82) is 0 Å². The van der Waals surface area contributed by atoms with Crippen molar-refractivity contribution in [2.75, 3.05) is 46.4 Å². The van der Waals surface area contributed by atoms with Crippen LogP contribution < -0.4 is 4.73 Å². The molecule has 1 aliphatic rings. The summed E-state index contributed by atoms with van der Waals surface area (Å²) in [5, 5.41) is 11.0. The molecular formula is C13H19N3O3. The number of esters is 1. The minimum absolute atomic E-state index is 0.288. The third kappa shape index (κ3) is 4.18. The first-order valence-corrected chi connectivity index (χ1v) is 6.42. The first kappa shape index (κ1) is 13.8. The van der Waals surface area contributed by atoms with Crippen LogP contribution in [0.3, 0.4) is 0 Å². The van der Waals surface area contributed by atoms with Crippen molar-refractivity contribution >= 4 is 5.97 Å². The zero-order chi connectivity index (χ0) is 13.7. The highest BCUT2D eigenvalue weighted by molar-refractivity contribution is 5.88. The maximum absolute atomic E-state index is 11.7. The SMILES string of the molecule is CN1CCN(CCOC(=O)c2ccc[n+]([O-])c2)CC1. The van der Waals surface area contributed by atoms with E-state index in [4.69, 9.17) is 4.74 Å². The van der Waals surface area contributed by atoms with E-state index in [0.717, 1.165) is 32.7 Å². The van der Waals surface area contributed by atoms with E-state index in [0.29, 0.717) is 11.3 Å². The van der Waals surface area contributed by atoms with Gasteiger partial charge in [-0.25, -0.2) is 4.79 Å². The van der Waals surface area contributed by atoms with Gasteiger partial charge in [-0.3, -0.25) is 4.90 Å². The third-order valence-electron chi connectivity index (χ3n) is 3.25. The molecule has 1 aliphatic heterocycles. The van der Waals surface area contributed by atoms with Crippen LogP contribution in [-0.4, -0.2) is 62.1 Å². The highest BCUT2D eigenvalue weighted by atomic mass is 16.5. The number of carbonyl (C=O) groups is 1. The number of carbonyl (C=O) groups excluding carboxylic acids is 1. The highest BCUT2D eigenvalue weighted by Crippen LogP contribution is 2.01. The van der Waals surface area contributed by atoms with Gasteiger partial charge >= 0.3 is 5.97 Å². The molecule has 19 heavy (non-hydrogen) atoms. The number of nitrogens with zero attached hydrogens (tertiary/aromatic N) is 3. The number of ether oxygens (including phenoxy) is 1. The molecule has 6 nitrogen and oxygen atoms in total. The number of hydrogen-bond acceptors (Lipinski definition) is 5. The molecule has 2 heterocycles. The van der Waals surface area contributed by atoms with Crippen LogP contribution >= 0.6 is 0 Å². The molecule has 6 heteroatoms. The summed E-state index contributed by atoms with van der Waals surface area (Å²) in [4.78, 5) is 16.2. The second-order valence-corrected chi connectivity index (χ2v) is 4.73. The molecule has 0 radical (unpaired) electrons. The summed E-state index contributed by atoms with van der Waals surface area (Å²) < 4.78 is 5.76. The van der Waals surface area contributed by atoms with Gasteiger partial charge in [0.2, 0.25) is 0 Å². The largest absolute Gasteiger partial charge is 0.619 e. The van der Waals surface area contributed by atoms with Gasteiger partial charge < -0.3 is 14.8 Å². The van der Waals surface area contributed by atoms with E-state index >= 15 is 0 Å². The average Bonchev–Trinajstić information content (AvgIpc) is 2.41. The van der Waals surface area contributed by atoms with Crippen molar-refractivity contribution < 1.29 is 14.3 Å². The van der Waals surface area contributed by atoms with Crippen molar-refractivity contribution in [3.05, 3.63) is 35.3 Å². The lowest BCUT2D eigenvalue weighted by Gasteiger charge is -2.31. The van der Waals surface area contributed by atoms with E-state index in [1.807, 2.05) is 0 Å². The van der Waals surface area contributed by atoms with E-state index in [1.165, 1.54) is 18.5 Å². The molecule has 0 aromatic carbocycles. The Hall–Kier alpha value is -1.66. The molecule has 104 valence electrons. The number of piperazine rings is 1. The van der Waals surface area contributed by atoms with Gasteiger partial charge in [0.25, 0.3) is 0 Å². The summed E-state index contributed by atoms with van der Waals surface area (Å²) in [5.41, 5.74) is 0.288. The Labute approximate surface area is 112 Å². The first-order chi connectivity index (χ1) is 9.15. The summed E-state index contributed by atoms with van der Waals surface area (Å²) in [6.07, 6.45) is 2.55. The summed E-state index contributed by atoms with van der Waals surface area (Å²) in [6.45, 7) is 5.19. The predicted molar refractivity (Wildman–Crippen MR) is 69.6 cm³/mol. The molecule has 0 unspecified atom stereocenters. The molecule has 0 saturated carbocycles. The zero-order valence-electron chi connectivity index (χ0n) is 11.1. The number of rotatable bonds is 4. The summed E-state index contributed by atoms with van der Waals surface area (Å²) in [7, 11) is 2.10. The molecule has 1 fully saturated rings. The minimum Gasteiger partial charge on any atom is -0.619 e. The van der Waals surface area contributed by atoms with Crippen LogP contribution in [0.5, 0.6) is 0 Å². The number of pyridine rings is 1. The van der Waals surface area contributed by atoms with Crippen molar-refractivity contribution in [3.8, 4) is 0 Å². The Kier molecular flexibility index (Phi) is 4.70. The van der Waals surface area contributed by atoms with E-state index < -0.39 is 5.97 Å². The molecule has 0 aliphatic carbocycles. The minimum atomic E-state index is -0.445. The van der Waals surface area contributed by atoms with Crippen molar-refractivity contribution in [2.24, 2.45) is 0 Å². The Morgan fingerprint density at radius 3 is 2.84 bits per heavy atom. The standard InChI is InChI=1S/C13H19N3O3/c1-14-5-7-15(8-6-14)9-10-19-13(17)12-3-2-4-16(18)11-12/h2-4,11H,5-10H2,1H3. The van der Waals surface area contributed by atoms with Gasteiger partial charge in [0, 0.05) is 38.8 Å². The third-order valence-corrected chi connectivity index (χ3v) is 3.25. The maximum Gasteiger partial charge on any atom is 0.344 e. The van der Waals surface area contributed by atoms with Gasteiger partial charge in [0.05, 0.1) is 0 Å². The molecule has 2 rings (SSSR count). The number of likely N-dealkylation sites (N-methyl/N-ethyl adjacent to an activating group) is 1. The zero-order valence-corrected chi connectivity index (χ0v) is 11.1. The first-order valence-electron chi connectivity index (χ1n) is 6.42. The normalized spacial score (nSPS) is 17.3. The van der Waals surface area contributed by atoms with Crippen molar-refractivity contribution in [1.82, 2.24) is 9.80 Å². The van der Waals surface area contributed by atoms with Crippen molar-refractivity contribution in [3.63, 3.8) is 0 Å². The van der Waals surface area contributed by atoms with Gasteiger partial charge in [-0.1, -0.05) is 0 Å². The van der Waals surface area contributed by atoms with Crippen LogP contribution in [0.2, 0.25) is 0 Å². The Balaban J connectivity index is 1.72. The Bertz CT molecular complexity index is 431. The van der Waals surface area contributed by atoms with Crippen molar-refractivity contribution in [2.45, 2.75) is 0 Å². The second kappa shape index (κ2) is 6.49. The lowest BCUT2D eigenvalue weighted by molar-refractivity contribution is -0.605. The molecule has 0 N–H and O–H groups in total. The van der Waals surface area contributed by atoms with E-state index in [1.54, 1.807) is 6.07 Å². The highest BCUT2D eigenvalue weighted by Gasteiger charge is 2.15. The fourth-order valence-corrected chi connectivity index (χ4v) is 2.00. The predicted octanol–water partition coefficient (Wildman–Crippen LogP) is -0.276. The summed E-state index contributed by atoms with van der Waals surface area (Å²) in [5.74, 6) is -0.445. The van der Waals surface area contributed by atoms with E-state index in [2.05, 4.69) is 16.8 Å². The lowest BCUT2D eigenvalue weighted by Crippen LogP contribution is -2.45. The van der Waals surface area contributed by atoms with Gasteiger partial charge in [-0.05, 0) is 13.1 Å². The van der Waals surface area contributed by atoms with Crippen LogP contribution in [0.25, 0.3) is 0 Å². The lowest BCUT2D eigenvalue weighted by atomic mass is 10.3. The van der Waals surface area contributed by atoms with Crippen LogP contribution in [0, 0.1) is 5.21 Å². The number of aromatic nitrogens is 1. The van der Waals surface area contributed by atoms with Gasteiger partial charge in [-0.2, -0.15) is 4.73 Å². The summed E-state index contributed by atoms with van der Waals surface area (Å²) in [6, 6.07) is 3.11. The molecule has 0 amide bonds. The number of hydrogen-bond donors (Lipinski definition) is 0.